The summed E-state index contributed by atoms with van der Waals surface area (Å²) in [7, 11) is 1.86. The van der Waals surface area contributed by atoms with E-state index in [1.807, 2.05) is 25.8 Å². The Bertz CT molecular complexity index is 788. The van der Waals surface area contributed by atoms with Gasteiger partial charge in [0.15, 0.2) is 0 Å². The van der Waals surface area contributed by atoms with Crippen LogP contribution in [0.15, 0.2) is 41.4 Å². The van der Waals surface area contributed by atoms with Gasteiger partial charge in [0.1, 0.15) is 11.6 Å². The van der Waals surface area contributed by atoms with Crippen LogP contribution in [0.1, 0.15) is 23.6 Å². The first-order valence-corrected chi connectivity index (χ1v) is 8.06. The Hall–Kier alpha value is -2.57. The largest absolute Gasteiger partial charge is 0.573 e. The Morgan fingerprint density at radius 1 is 1.19 bits per heavy atom. The van der Waals surface area contributed by atoms with E-state index in [1.165, 1.54) is 24.3 Å². The minimum atomic E-state index is -4.76. The van der Waals surface area contributed by atoms with Gasteiger partial charge in [0, 0.05) is 26.1 Å². The molecular formula is C19H20F4N2O. The highest BCUT2D eigenvalue weighted by molar-refractivity contribution is 5.63. The molecule has 0 heterocycles. The van der Waals surface area contributed by atoms with Crippen LogP contribution in [0, 0.1) is 12.7 Å². The third kappa shape index (κ3) is 5.75. The molecule has 26 heavy (non-hydrogen) atoms. The van der Waals surface area contributed by atoms with Crippen molar-refractivity contribution >= 4 is 12.0 Å². The zero-order chi connectivity index (χ0) is 19.3. The molecule has 0 radical (unpaired) electrons. The van der Waals surface area contributed by atoms with E-state index in [0.717, 1.165) is 12.1 Å². The van der Waals surface area contributed by atoms with Crippen LogP contribution < -0.4 is 4.74 Å². The summed E-state index contributed by atoms with van der Waals surface area (Å²) < 4.78 is 55.2. The lowest BCUT2D eigenvalue weighted by Crippen LogP contribution is -2.17. The van der Waals surface area contributed by atoms with E-state index in [-0.39, 0.29) is 12.2 Å². The van der Waals surface area contributed by atoms with Crippen molar-refractivity contribution in [1.82, 2.24) is 4.90 Å². The lowest BCUT2D eigenvalue weighted by Gasteiger charge is -2.12. The number of aryl methyl sites for hydroxylation is 1. The number of nitrogens with zero attached hydrogens (tertiary/aromatic N) is 2. The summed E-state index contributed by atoms with van der Waals surface area (Å²) in [6.07, 6.45) is -2.98. The molecule has 7 heteroatoms. The summed E-state index contributed by atoms with van der Waals surface area (Å²) in [5.74, 6) is -0.778. The van der Waals surface area contributed by atoms with Gasteiger partial charge in [-0.3, -0.25) is 0 Å². The highest BCUT2D eigenvalue weighted by atomic mass is 19.4. The van der Waals surface area contributed by atoms with Crippen LogP contribution in [0.2, 0.25) is 0 Å². The van der Waals surface area contributed by atoms with Gasteiger partial charge in [-0.1, -0.05) is 18.2 Å². The molecule has 0 saturated carbocycles. The molecule has 0 N–H and O–H groups in total. The summed E-state index contributed by atoms with van der Waals surface area (Å²) in [4.78, 5) is 6.11. The SMILES string of the molecule is CCN(C)C=Nc1cc(F)c(Cc2cccc(OC(F)(F)F)c2)cc1C. The van der Waals surface area contributed by atoms with Crippen molar-refractivity contribution in [2.24, 2.45) is 4.99 Å². The smallest absolute Gasteiger partial charge is 0.406 e. The van der Waals surface area contributed by atoms with Crippen LogP contribution in [0.3, 0.4) is 0 Å². The van der Waals surface area contributed by atoms with Gasteiger partial charge in [0.25, 0.3) is 0 Å². The monoisotopic (exact) mass is 368 g/mol. The Kier molecular flexibility index (Phi) is 6.23. The van der Waals surface area contributed by atoms with Crippen LogP contribution in [0.4, 0.5) is 23.2 Å². The van der Waals surface area contributed by atoms with Crippen LogP contribution in [-0.2, 0) is 6.42 Å². The Morgan fingerprint density at radius 2 is 1.92 bits per heavy atom. The highest BCUT2D eigenvalue weighted by Gasteiger charge is 2.31. The van der Waals surface area contributed by atoms with Crippen molar-refractivity contribution < 1.29 is 22.3 Å². The van der Waals surface area contributed by atoms with E-state index < -0.39 is 12.2 Å². The Morgan fingerprint density at radius 3 is 2.58 bits per heavy atom. The molecule has 0 saturated heterocycles. The number of halogens is 4. The van der Waals surface area contributed by atoms with Gasteiger partial charge in [-0.25, -0.2) is 9.38 Å². The van der Waals surface area contributed by atoms with Crippen LogP contribution in [-0.4, -0.2) is 31.2 Å². The summed E-state index contributed by atoms with van der Waals surface area (Å²) >= 11 is 0. The van der Waals surface area contributed by atoms with Crippen molar-refractivity contribution in [3.63, 3.8) is 0 Å². The molecule has 0 atom stereocenters. The molecule has 0 aromatic heterocycles. The van der Waals surface area contributed by atoms with Gasteiger partial charge in [0.2, 0.25) is 0 Å². The van der Waals surface area contributed by atoms with Crippen molar-refractivity contribution in [1.29, 1.82) is 0 Å². The van der Waals surface area contributed by atoms with Gasteiger partial charge in [-0.05, 0) is 42.7 Å². The van der Waals surface area contributed by atoms with Gasteiger partial charge in [-0.2, -0.15) is 0 Å². The molecule has 0 spiro atoms. The number of alkyl halides is 3. The first-order chi connectivity index (χ1) is 12.2. The standard InChI is InChI=1S/C19H20F4N2O/c1-4-25(3)12-24-18-11-17(20)15(8-13(18)2)9-14-6-5-7-16(10-14)26-19(21,22)23/h5-8,10-12H,4,9H2,1-3H3. The molecule has 0 bridgehead atoms. The van der Waals surface area contributed by atoms with Gasteiger partial charge < -0.3 is 9.64 Å². The topological polar surface area (TPSA) is 24.8 Å². The minimum Gasteiger partial charge on any atom is -0.406 e. The van der Waals surface area contributed by atoms with Crippen LogP contribution >= 0.6 is 0 Å². The first kappa shape index (κ1) is 19.8. The number of rotatable bonds is 6. The summed E-state index contributed by atoms with van der Waals surface area (Å²) in [6, 6.07) is 8.53. The van der Waals surface area contributed by atoms with E-state index in [9.17, 15) is 17.6 Å². The normalized spacial score (nSPS) is 11.8. The lowest BCUT2D eigenvalue weighted by atomic mass is 10.0. The minimum absolute atomic E-state index is 0.153. The molecule has 140 valence electrons. The molecular weight excluding hydrogens is 348 g/mol. The predicted octanol–water partition coefficient (Wildman–Crippen LogP) is 5.24. The Labute approximate surface area is 149 Å². The van der Waals surface area contributed by atoms with Crippen molar-refractivity contribution in [2.45, 2.75) is 26.6 Å². The van der Waals surface area contributed by atoms with Crippen molar-refractivity contribution in [3.05, 3.63) is 58.9 Å². The molecule has 0 aliphatic heterocycles. The van der Waals surface area contributed by atoms with E-state index in [2.05, 4.69) is 9.73 Å². The van der Waals surface area contributed by atoms with Gasteiger partial charge in [0.05, 0.1) is 12.0 Å². The fourth-order valence-electron chi connectivity index (χ4n) is 2.32. The zero-order valence-electron chi connectivity index (χ0n) is 14.8. The number of hydrogen-bond donors (Lipinski definition) is 0. The second kappa shape index (κ2) is 8.21. The zero-order valence-corrected chi connectivity index (χ0v) is 14.8. The van der Waals surface area contributed by atoms with E-state index in [1.54, 1.807) is 18.5 Å². The fourth-order valence-corrected chi connectivity index (χ4v) is 2.32. The maximum absolute atomic E-state index is 14.4. The average Bonchev–Trinajstić information content (AvgIpc) is 2.55. The molecule has 0 aliphatic carbocycles. The van der Waals surface area contributed by atoms with Crippen molar-refractivity contribution in [3.8, 4) is 5.75 Å². The number of hydrogen-bond acceptors (Lipinski definition) is 2. The van der Waals surface area contributed by atoms with Crippen molar-refractivity contribution in [2.75, 3.05) is 13.6 Å². The quantitative estimate of drug-likeness (QED) is 0.396. The van der Waals surface area contributed by atoms with E-state index >= 15 is 0 Å². The number of ether oxygens (including phenoxy) is 1. The molecule has 2 aromatic carbocycles. The molecule has 2 aromatic rings. The molecule has 0 unspecified atom stereocenters. The second-order valence-electron chi connectivity index (χ2n) is 5.92. The fraction of sp³-hybridized carbons (Fsp3) is 0.316. The van der Waals surface area contributed by atoms with Crippen LogP contribution in [0.5, 0.6) is 5.75 Å². The predicted molar refractivity (Wildman–Crippen MR) is 93.5 cm³/mol. The summed E-state index contributed by atoms with van der Waals surface area (Å²) in [5.41, 5.74) is 2.20. The van der Waals surface area contributed by atoms with Crippen LogP contribution in [0.25, 0.3) is 0 Å². The van der Waals surface area contributed by atoms with Gasteiger partial charge >= 0.3 is 6.36 Å². The summed E-state index contributed by atoms with van der Waals surface area (Å²) in [5, 5.41) is 0. The van der Waals surface area contributed by atoms with E-state index in [4.69, 9.17) is 0 Å². The summed E-state index contributed by atoms with van der Waals surface area (Å²) in [6.45, 7) is 4.56. The lowest BCUT2D eigenvalue weighted by molar-refractivity contribution is -0.274. The third-order valence-electron chi connectivity index (χ3n) is 3.78. The number of benzene rings is 2. The third-order valence-corrected chi connectivity index (χ3v) is 3.78. The average molecular weight is 368 g/mol. The van der Waals surface area contributed by atoms with E-state index in [0.29, 0.717) is 16.8 Å². The molecule has 2 rings (SSSR count). The molecule has 3 nitrogen and oxygen atoms in total. The molecule has 0 amide bonds. The maximum atomic E-state index is 14.4. The first-order valence-electron chi connectivity index (χ1n) is 8.06. The Balaban J connectivity index is 2.21. The number of aliphatic imine (C=N–C) groups is 1. The second-order valence-corrected chi connectivity index (χ2v) is 5.92. The molecule has 0 aliphatic rings. The maximum Gasteiger partial charge on any atom is 0.573 e. The molecule has 0 fully saturated rings. The highest BCUT2D eigenvalue weighted by Crippen LogP contribution is 2.27. The van der Waals surface area contributed by atoms with Gasteiger partial charge in [-0.15, -0.1) is 13.2 Å².